The third kappa shape index (κ3) is 3.26. The molecule has 0 amide bonds. The van der Waals surface area contributed by atoms with Gasteiger partial charge in [-0.3, -0.25) is 0 Å². The molecule has 4 rings (SSSR count). The minimum Gasteiger partial charge on any atom is -0.248 e. The summed E-state index contributed by atoms with van der Waals surface area (Å²) in [5.74, 6) is 0. The highest BCUT2D eigenvalue weighted by molar-refractivity contribution is 5.97. The number of hydrogen-bond donors (Lipinski definition) is 0. The number of aryl methyl sites for hydroxylation is 4. The fourth-order valence-electron chi connectivity index (χ4n) is 3.76. The second kappa shape index (κ2) is 6.66. The van der Waals surface area contributed by atoms with E-state index in [0.29, 0.717) is 0 Å². The first-order valence-corrected chi connectivity index (χ1v) is 9.49. The van der Waals surface area contributed by atoms with Crippen molar-refractivity contribution in [3.8, 4) is 22.4 Å². The van der Waals surface area contributed by atoms with Gasteiger partial charge < -0.3 is 0 Å². The Hall–Kier alpha value is -2.93. The van der Waals surface area contributed by atoms with Crippen molar-refractivity contribution in [1.82, 2.24) is 4.98 Å². The Labute approximate surface area is 161 Å². The smallest absolute Gasteiger partial charge is 0.0718 e. The Morgan fingerprint density at radius 2 is 1.30 bits per heavy atom. The van der Waals surface area contributed by atoms with Crippen LogP contribution in [0.15, 0.2) is 60.7 Å². The van der Waals surface area contributed by atoms with E-state index in [4.69, 9.17) is 4.98 Å². The summed E-state index contributed by atoms with van der Waals surface area (Å²) in [5.41, 5.74) is 12.2. The van der Waals surface area contributed by atoms with E-state index in [1.54, 1.807) is 0 Å². The van der Waals surface area contributed by atoms with Crippen LogP contribution in [-0.4, -0.2) is 4.98 Å². The van der Waals surface area contributed by atoms with Crippen LogP contribution in [0.3, 0.4) is 0 Å². The van der Waals surface area contributed by atoms with Gasteiger partial charge in [-0.05, 0) is 81.1 Å². The summed E-state index contributed by atoms with van der Waals surface area (Å²) < 4.78 is 0. The zero-order valence-corrected chi connectivity index (χ0v) is 16.7. The molecule has 0 aliphatic carbocycles. The zero-order chi connectivity index (χ0) is 19.1. The molecule has 0 radical (unpaired) electrons. The van der Waals surface area contributed by atoms with E-state index < -0.39 is 0 Å². The minimum atomic E-state index is 1.05. The van der Waals surface area contributed by atoms with Gasteiger partial charge in [0.2, 0.25) is 0 Å². The van der Waals surface area contributed by atoms with Crippen LogP contribution in [-0.2, 0) is 0 Å². The van der Waals surface area contributed by atoms with Crippen molar-refractivity contribution in [2.24, 2.45) is 0 Å². The summed E-state index contributed by atoms with van der Waals surface area (Å²) in [6.07, 6.45) is 0. The Balaban J connectivity index is 2.04. The molecule has 0 atom stereocenters. The van der Waals surface area contributed by atoms with Gasteiger partial charge in [0.15, 0.2) is 0 Å². The van der Waals surface area contributed by atoms with Crippen molar-refractivity contribution in [3.63, 3.8) is 0 Å². The molecule has 1 nitrogen and oxygen atoms in total. The minimum absolute atomic E-state index is 1.05. The third-order valence-electron chi connectivity index (χ3n) is 5.41. The Morgan fingerprint density at radius 1 is 0.593 bits per heavy atom. The Kier molecular flexibility index (Phi) is 4.31. The number of aromatic nitrogens is 1. The average molecular weight is 351 g/mol. The van der Waals surface area contributed by atoms with E-state index >= 15 is 0 Å². The predicted molar refractivity (Wildman–Crippen MR) is 116 cm³/mol. The van der Waals surface area contributed by atoms with Gasteiger partial charge in [0.05, 0.1) is 11.2 Å². The van der Waals surface area contributed by atoms with Crippen LogP contribution in [0.5, 0.6) is 0 Å². The Morgan fingerprint density at radius 3 is 2.04 bits per heavy atom. The second-order valence-corrected chi connectivity index (χ2v) is 7.70. The molecule has 0 unspecified atom stereocenters. The fraction of sp³-hybridized carbons (Fsp3) is 0.192. The molecular formula is C26H25N. The van der Waals surface area contributed by atoms with Gasteiger partial charge >= 0.3 is 0 Å². The van der Waals surface area contributed by atoms with Crippen LogP contribution in [0.2, 0.25) is 0 Å². The number of rotatable bonds is 2. The van der Waals surface area contributed by atoms with Gasteiger partial charge in [-0.2, -0.15) is 0 Å². The fourth-order valence-corrected chi connectivity index (χ4v) is 3.76. The molecule has 4 aromatic rings. The maximum Gasteiger partial charge on any atom is 0.0718 e. The van der Waals surface area contributed by atoms with Crippen molar-refractivity contribution in [2.75, 3.05) is 0 Å². The first kappa shape index (κ1) is 17.5. The van der Waals surface area contributed by atoms with Gasteiger partial charge in [0, 0.05) is 10.9 Å². The zero-order valence-electron chi connectivity index (χ0n) is 16.7. The molecule has 1 heterocycles. The molecule has 27 heavy (non-hydrogen) atoms. The number of pyridine rings is 1. The monoisotopic (exact) mass is 351 g/mol. The molecule has 0 aliphatic heterocycles. The predicted octanol–water partition coefficient (Wildman–Crippen LogP) is 7.11. The summed E-state index contributed by atoms with van der Waals surface area (Å²) >= 11 is 0. The maximum absolute atomic E-state index is 5.03. The molecule has 0 N–H and O–H groups in total. The molecule has 3 aromatic carbocycles. The summed E-state index contributed by atoms with van der Waals surface area (Å²) in [7, 11) is 0. The molecule has 0 saturated heterocycles. The van der Waals surface area contributed by atoms with E-state index in [1.165, 1.54) is 49.9 Å². The van der Waals surface area contributed by atoms with Crippen LogP contribution >= 0.6 is 0 Å². The molecule has 0 saturated carbocycles. The number of nitrogens with zero attached hydrogens (tertiary/aromatic N) is 1. The van der Waals surface area contributed by atoms with Gasteiger partial charge in [-0.15, -0.1) is 0 Å². The standard InChI is InChI=1S/C26H25N/c1-16-6-9-21(10-7-16)23-15-26(22-14-18(3)12-19(4)20(22)5)27-25-11-8-17(2)13-24(23)25/h6-15H,1-5H3. The molecule has 1 heteroatoms. The molecule has 134 valence electrons. The van der Waals surface area contributed by atoms with Crippen LogP contribution in [0.1, 0.15) is 27.8 Å². The van der Waals surface area contributed by atoms with Crippen molar-refractivity contribution in [1.29, 1.82) is 0 Å². The lowest BCUT2D eigenvalue weighted by atomic mass is 9.93. The molecule has 1 aromatic heterocycles. The van der Waals surface area contributed by atoms with Crippen LogP contribution in [0.25, 0.3) is 33.3 Å². The lowest BCUT2D eigenvalue weighted by Gasteiger charge is -2.14. The van der Waals surface area contributed by atoms with Crippen molar-refractivity contribution >= 4 is 10.9 Å². The van der Waals surface area contributed by atoms with Crippen molar-refractivity contribution in [2.45, 2.75) is 34.6 Å². The van der Waals surface area contributed by atoms with Crippen LogP contribution in [0.4, 0.5) is 0 Å². The molecule has 0 spiro atoms. The molecular weight excluding hydrogens is 326 g/mol. The number of fused-ring (bicyclic) bond motifs is 1. The topological polar surface area (TPSA) is 12.9 Å². The first-order valence-electron chi connectivity index (χ1n) is 9.49. The number of hydrogen-bond acceptors (Lipinski definition) is 1. The lowest BCUT2D eigenvalue weighted by molar-refractivity contribution is 1.27. The van der Waals surface area contributed by atoms with E-state index in [-0.39, 0.29) is 0 Å². The van der Waals surface area contributed by atoms with Crippen molar-refractivity contribution < 1.29 is 0 Å². The SMILES string of the molecule is Cc1ccc(-c2cc(-c3cc(C)cc(C)c3C)nc3ccc(C)cc23)cc1. The highest BCUT2D eigenvalue weighted by Gasteiger charge is 2.13. The normalized spacial score (nSPS) is 11.1. The quantitative estimate of drug-likeness (QED) is 0.375. The van der Waals surface area contributed by atoms with Gasteiger partial charge in [0.25, 0.3) is 0 Å². The van der Waals surface area contributed by atoms with E-state index in [2.05, 4.69) is 95.3 Å². The molecule has 0 aliphatic rings. The van der Waals surface area contributed by atoms with Crippen LogP contribution in [0, 0.1) is 34.6 Å². The highest BCUT2D eigenvalue weighted by atomic mass is 14.7. The van der Waals surface area contributed by atoms with Gasteiger partial charge in [0.1, 0.15) is 0 Å². The van der Waals surface area contributed by atoms with Crippen LogP contribution < -0.4 is 0 Å². The van der Waals surface area contributed by atoms with E-state index in [1.807, 2.05) is 0 Å². The largest absolute Gasteiger partial charge is 0.248 e. The van der Waals surface area contributed by atoms with Gasteiger partial charge in [-0.25, -0.2) is 4.98 Å². The summed E-state index contributed by atoms with van der Waals surface area (Å²) in [6.45, 7) is 10.8. The first-order chi connectivity index (χ1) is 12.9. The maximum atomic E-state index is 5.03. The van der Waals surface area contributed by atoms with E-state index in [9.17, 15) is 0 Å². The lowest BCUT2D eigenvalue weighted by Crippen LogP contribution is -1.95. The average Bonchev–Trinajstić information content (AvgIpc) is 2.64. The number of benzene rings is 3. The summed E-state index contributed by atoms with van der Waals surface area (Å²) in [5, 5.41) is 1.21. The third-order valence-corrected chi connectivity index (χ3v) is 5.41. The highest BCUT2D eigenvalue weighted by Crippen LogP contribution is 2.34. The molecule has 0 bridgehead atoms. The van der Waals surface area contributed by atoms with Gasteiger partial charge in [-0.1, -0.05) is 53.1 Å². The second-order valence-electron chi connectivity index (χ2n) is 7.70. The molecule has 0 fully saturated rings. The van der Waals surface area contributed by atoms with E-state index in [0.717, 1.165) is 11.2 Å². The summed E-state index contributed by atoms with van der Waals surface area (Å²) in [4.78, 5) is 5.03. The summed E-state index contributed by atoms with van der Waals surface area (Å²) in [6, 6.07) is 22.1. The Bertz CT molecular complexity index is 1150. The van der Waals surface area contributed by atoms with Crippen molar-refractivity contribution in [3.05, 3.63) is 88.5 Å².